The van der Waals surface area contributed by atoms with E-state index in [1.54, 1.807) is 0 Å². The summed E-state index contributed by atoms with van der Waals surface area (Å²) in [6.07, 6.45) is -9.51. The van der Waals surface area contributed by atoms with Gasteiger partial charge in [-0.15, -0.1) is 26.3 Å². The zero-order chi connectivity index (χ0) is 22.4. The molecule has 4 nitrogen and oxygen atoms in total. The number of aliphatic hydroxyl groups excluding tert-OH is 2. The van der Waals surface area contributed by atoms with Crippen LogP contribution in [0.4, 0.5) is 26.3 Å². The van der Waals surface area contributed by atoms with Crippen molar-refractivity contribution in [1.29, 1.82) is 0 Å². The Bertz CT molecular complexity index is 830. The molecule has 0 saturated carbocycles. The number of hydrogen-bond donors (Lipinski definition) is 2. The monoisotopic (exact) mass is 530 g/mol. The first kappa shape index (κ1) is 25.6. The maximum Gasteiger partial charge on any atom is 0.573 e. The maximum atomic E-state index is 11.9. The highest BCUT2D eigenvalue weighted by atomic mass is 79.9. The van der Waals surface area contributed by atoms with Gasteiger partial charge in [0.15, 0.2) is 0 Å². The Kier molecular flexibility index (Phi) is 9.35. The number of aliphatic hydroxyl groups is 2. The number of hydrogen-bond acceptors (Lipinski definition) is 4. The third kappa shape index (κ3) is 9.30. The summed E-state index contributed by atoms with van der Waals surface area (Å²) < 4.78 is 78.5. The molecule has 0 aliphatic rings. The first-order chi connectivity index (χ1) is 13.3. The predicted molar refractivity (Wildman–Crippen MR) is 95.8 cm³/mol. The molecule has 0 aliphatic carbocycles. The molecular formula is C16H11BrCl2F6O4. The third-order valence-electron chi connectivity index (χ3n) is 2.92. The average Bonchev–Trinajstić information content (AvgIpc) is 2.57. The molecule has 29 heavy (non-hydrogen) atoms. The van der Waals surface area contributed by atoms with E-state index < -0.39 is 37.4 Å². The number of benzene rings is 2. The summed E-state index contributed by atoms with van der Waals surface area (Å²) in [7, 11) is 0. The van der Waals surface area contributed by atoms with E-state index in [2.05, 4.69) is 25.4 Å². The minimum Gasteiger partial charge on any atom is -0.406 e. The van der Waals surface area contributed by atoms with E-state index in [0.717, 1.165) is 18.2 Å². The molecular weight excluding hydrogens is 521 g/mol. The molecule has 0 radical (unpaired) electrons. The lowest BCUT2D eigenvalue weighted by atomic mass is 10.2. The van der Waals surface area contributed by atoms with Crippen LogP contribution in [0.3, 0.4) is 0 Å². The molecule has 0 aliphatic heterocycles. The van der Waals surface area contributed by atoms with Gasteiger partial charge in [0.1, 0.15) is 11.5 Å². The largest absolute Gasteiger partial charge is 0.573 e. The van der Waals surface area contributed by atoms with Crippen LogP contribution in [-0.4, -0.2) is 22.9 Å². The van der Waals surface area contributed by atoms with Gasteiger partial charge in [0.05, 0.1) is 17.7 Å². The Hall–Kier alpha value is -1.40. The van der Waals surface area contributed by atoms with E-state index in [1.807, 2.05) is 0 Å². The van der Waals surface area contributed by atoms with E-state index in [0.29, 0.717) is 0 Å². The van der Waals surface area contributed by atoms with Gasteiger partial charge in [-0.3, -0.25) is 0 Å². The maximum absolute atomic E-state index is 11.9. The van der Waals surface area contributed by atoms with Crippen molar-refractivity contribution in [3.8, 4) is 11.5 Å². The molecule has 0 spiro atoms. The first-order valence-electron chi connectivity index (χ1n) is 7.25. The van der Waals surface area contributed by atoms with E-state index in [9.17, 15) is 26.3 Å². The Morgan fingerprint density at radius 2 is 1.31 bits per heavy atom. The van der Waals surface area contributed by atoms with Gasteiger partial charge in [0.25, 0.3) is 0 Å². The highest BCUT2D eigenvalue weighted by molar-refractivity contribution is 9.10. The van der Waals surface area contributed by atoms with Crippen LogP contribution in [0.2, 0.25) is 10.0 Å². The van der Waals surface area contributed by atoms with Crippen LogP contribution < -0.4 is 9.47 Å². The van der Waals surface area contributed by atoms with Crippen LogP contribution in [0, 0.1) is 0 Å². The minimum atomic E-state index is -4.77. The molecule has 0 unspecified atom stereocenters. The molecule has 0 atom stereocenters. The van der Waals surface area contributed by atoms with E-state index in [4.69, 9.17) is 33.4 Å². The molecule has 2 rings (SSSR count). The normalized spacial score (nSPS) is 11.6. The van der Waals surface area contributed by atoms with Crippen molar-refractivity contribution in [3.63, 3.8) is 0 Å². The van der Waals surface area contributed by atoms with Gasteiger partial charge in [-0.2, -0.15) is 0 Å². The molecule has 0 fully saturated rings. The Morgan fingerprint density at radius 3 is 1.79 bits per heavy atom. The zero-order valence-corrected chi connectivity index (χ0v) is 17.0. The van der Waals surface area contributed by atoms with Crippen molar-refractivity contribution in [2.45, 2.75) is 25.9 Å². The molecule has 162 valence electrons. The first-order valence-corrected chi connectivity index (χ1v) is 8.80. The summed E-state index contributed by atoms with van der Waals surface area (Å²) in [6, 6.07) is 5.60. The van der Waals surface area contributed by atoms with Crippen molar-refractivity contribution < 1.29 is 46.0 Å². The summed E-state index contributed by atoms with van der Waals surface area (Å²) in [5.74, 6) is -0.832. The molecule has 0 bridgehead atoms. The van der Waals surface area contributed by atoms with Crippen molar-refractivity contribution >= 4 is 39.1 Å². The van der Waals surface area contributed by atoms with Gasteiger partial charge in [-0.05, 0) is 57.4 Å². The number of ether oxygens (including phenoxy) is 2. The van der Waals surface area contributed by atoms with Gasteiger partial charge < -0.3 is 19.7 Å². The summed E-state index contributed by atoms with van der Waals surface area (Å²) in [6.45, 7) is -0.895. The topological polar surface area (TPSA) is 58.9 Å². The molecule has 0 aromatic heterocycles. The van der Waals surface area contributed by atoms with Crippen molar-refractivity contribution in [2.24, 2.45) is 0 Å². The van der Waals surface area contributed by atoms with E-state index in [-0.39, 0.29) is 25.6 Å². The average molecular weight is 532 g/mol. The van der Waals surface area contributed by atoms with E-state index >= 15 is 0 Å². The predicted octanol–water partition coefficient (Wildman–Crippen LogP) is 6.22. The Morgan fingerprint density at radius 1 is 0.793 bits per heavy atom. The summed E-state index contributed by atoms with van der Waals surface area (Å²) >= 11 is 14.1. The van der Waals surface area contributed by atoms with Crippen LogP contribution in [0.5, 0.6) is 11.5 Å². The smallest absolute Gasteiger partial charge is 0.406 e. The van der Waals surface area contributed by atoms with Crippen molar-refractivity contribution in [1.82, 2.24) is 0 Å². The van der Waals surface area contributed by atoms with Crippen LogP contribution in [-0.2, 0) is 13.2 Å². The SMILES string of the molecule is OCc1cc(OC(F)(F)F)c(Br)cc1Cl.OCc1cc(OC(F)(F)F)ccc1Cl. The number of alkyl halides is 6. The summed E-state index contributed by atoms with van der Waals surface area (Å²) in [5, 5.41) is 17.9. The van der Waals surface area contributed by atoms with Gasteiger partial charge in [-0.25, -0.2) is 0 Å². The van der Waals surface area contributed by atoms with Gasteiger partial charge in [-0.1, -0.05) is 23.2 Å². The Balaban J connectivity index is 0.000000291. The highest BCUT2D eigenvalue weighted by Crippen LogP contribution is 2.34. The van der Waals surface area contributed by atoms with Gasteiger partial charge in [0, 0.05) is 10.0 Å². The lowest BCUT2D eigenvalue weighted by Crippen LogP contribution is -2.17. The second-order valence-corrected chi connectivity index (χ2v) is 6.71. The summed E-state index contributed by atoms with van der Waals surface area (Å²) in [5.41, 5.74) is 0.354. The molecule has 2 aromatic carbocycles. The molecule has 0 heterocycles. The highest BCUT2D eigenvalue weighted by Gasteiger charge is 2.32. The van der Waals surface area contributed by atoms with Gasteiger partial charge >= 0.3 is 12.7 Å². The van der Waals surface area contributed by atoms with Crippen LogP contribution in [0.15, 0.2) is 34.8 Å². The number of halogens is 9. The van der Waals surface area contributed by atoms with Crippen molar-refractivity contribution in [3.05, 3.63) is 56.0 Å². The fraction of sp³-hybridized carbons (Fsp3) is 0.250. The number of rotatable bonds is 4. The zero-order valence-electron chi connectivity index (χ0n) is 13.9. The Labute approximate surface area is 178 Å². The van der Waals surface area contributed by atoms with E-state index in [1.165, 1.54) is 12.1 Å². The molecule has 2 N–H and O–H groups in total. The lowest BCUT2D eigenvalue weighted by Gasteiger charge is -2.12. The van der Waals surface area contributed by atoms with Crippen molar-refractivity contribution in [2.75, 3.05) is 0 Å². The fourth-order valence-corrected chi connectivity index (χ4v) is 2.72. The minimum absolute atomic E-state index is 0.0713. The second-order valence-electron chi connectivity index (χ2n) is 5.04. The van der Waals surface area contributed by atoms with Crippen LogP contribution in [0.25, 0.3) is 0 Å². The molecule has 13 heteroatoms. The lowest BCUT2D eigenvalue weighted by molar-refractivity contribution is -0.275. The third-order valence-corrected chi connectivity index (χ3v) is 4.26. The molecule has 2 aromatic rings. The fourth-order valence-electron chi connectivity index (χ4n) is 1.76. The second kappa shape index (κ2) is 10.6. The van der Waals surface area contributed by atoms with Gasteiger partial charge in [0.2, 0.25) is 0 Å². The molecule has 0 saturated heterocycles. The molecule has 0 amide bonds. The van der Waals surface area contributed by atoms with Crippen LogP contribution in [0.1, 0.15) is 11.1 Å². The summed E-state index contributed by atoms with van der Waals surface area (Å²) in [4.78, 5) is 0. The van der Waals surface area contributed by atoms with Crippen LogP contribution >= 0.6 is 39.1 Å². The standard InChI is InChI=1S/C8H5BrClF3O2.C8H6ClF3O2/c9-5-2-6(10)4(3-14)1-7(5)15-8(11,12)13;9-7-2-1-6(3-5(7)4-13)14-8(10,11)12/h1-2,14H,3H2;1-3,13H,4H2. The quantitative estimate of drug-likeness (QED) is 0.460.